The lowest BCUT2D eigenvalue weighted by atomic mass is 9.93. The molecule has 22 heavy (non-hydrogen) atoms. The van der Waals surface area contributed by atoms with Crippen LogP contribution in [-0.2, 0) is 4.74 Å². The molecule has 0 spiro atoms. The minimum atomic E-state index is 0.0148. The number of nitrogens with zero attached hydrogens (tertiary/aromatic N) is 1. The third-order valence-corrected chi connectivity index (χ3v) is 4.27. The molecule has 122 valence electrons. The van der Waals surface area contributed by atoms with Crippen LogP contribution in [0.1, 0.15) is 29.6 Å². The van der Waals surface area contributed by atoms with E-state index in [1.807, 2.05) is 11.0 Å². The van der Waals surface area contributed by atoms with Gasteiger partial charge in [0.25, 0.3) is 5.91 Å². The highest BCUT2D eigenvalue weighted by Crippen LogP contribution is 2.32. The lowest BCUT2D eigenvalue weighted by molar-refractivity contribution is 0.0666. The quantitative estimate of drug-likeness (QED) is 0.810. The smallest absolute Gasteiger partial charge is 0.257 e. The van der Waals surface area contributed by atoms with Gasteiger partial charge in [-0.1, -0.05) is 6.07 Å². The Labute approximate surface area is 132 Å². The van der Waals surface area contributed by atoms with E-state index in [9.17, 15) is 4.79 Å². The van der Waals surface area contributed by atoms with Gasteiger partial charge in [0, 0.05) is 26.8 Å². The molecule has 0 atom stereocenters. The van der Waals surface area contributed by atoms with Gasteiger partial charge in [0.05, 0.1) is 19.8 Å². The van der Waals surface area contributed by atoms with E-state index in [0.29, 0.717) is 23.0 Å². The van der Waals surface area contributed by atoms with Crippen molar-refractivity contribution in [2.45, 2.75) is 19.3 Å². The predicted molar refractivity (Wildman–Crippen MR) is 84.7 cm³/mol. The molecule has 1 heterocycles. The maximum Gasteiger partial charge on any atom is 0.257 e. The molecule has 1 saturated heterocycles. The van der Waals surface area contributed by atoms with Crippen molar-refractivity contribution < 1.29 is 19.0 Å². The van der Waals surface area contributed by atoms with Crippen molar-refractivity contribution in [1.82, 2.24) is 4.90 Å². The third kappa shape index (κ3) is 3.71. The van der Waals surface area contributed by atoms with E-state index in [4.69, 9.17) is 14.2 Å². The standard InChI is InChI=1S/C17H25NO4/c1-20-12-9-13-7-10-18(11-8-13)17(19)14-5-4-6-15(21-2)16(14)22-3/h4-6,13H,7-12H2,1-3H3. The highest BCUT2D eigenvalue weighted by Gasteiger charge is 2.26. The Balaban J connectivity index is 2.04. The molecule has 0 bridgehead atoms. The summed E-state index contributed by atoms with van der Waals surface area (Å²) in [5, 5.41) is 0. The van der Waals surface area contributed by atoms with Gasteiger partial charge >= 0.3 is 0 Å². The highest BCUT2D eigenvalue weighted by molar-refractivity contribution is 5.97. The number of benzene rings is 1. The fourth-order valence-corrected chi connectivity index (χ4v) is 2.94. The zero-order valence-electron chi connectivity index (χ0n) is 13.6. The number of hydrogen-bond acceptors (Lipinski definition) is 4. The van der Waals surface area contributed by atoms with E-state index < -0.39 is 0 Å². The van der Waals surface area contributed by atoms with E-state index in [1.54, 1.807) is 33.5 Å². The number of rotatable bonds is 6. The first-order chi connectivity index (χ1) is 10.7. The van der Waals surface area contributed by atoms with Crippen molar-refractivity contribution in [3.05, 3.63) is 23.8 Å². The molecule has 5 nitrogen and oxygen atoms in total. The maximum atomic E-state index is 12.7. The summed E-state index contributed by atoms with van der Waals surface area (Å²) in [6.07, 6.45) is 3.13. The molecule has 0 N–H and O–H groups in total. The molecule has 0 radical (unpaired) electrons. The van der Waals surface area contributed by atoms with Crippen molar-refractivity contribution in [2.75, 3.05) is 41.0 Å². The van der Waals surface area contributed by atoms with Gasteiger partial charge in [0.1, 0.15) is 0 Å². The molecule has 2 rings (SSSR count). The summed E-state index contributed by atoms with van der Waals surface area (Å²) in [7, 11) is 4.87. The van der Waals surface area contributed by atoms with Gasteiger partial charge in [0.15, 0.2) is 11.5 Å². The Morgan fingerprint density at radius 3 is 2.50 bits per heavy atom. The molecule has 5 heteroatoms. The molecule has 0 saturated carbocycles. The predicted octanol–water partition coefficient (Wildman–Crippen LogP) is 2.59. The first-order valence-corrected chi connectivity index (χ1v) is 7.70. The Morgan fingerprint density at radius 1 is 1.18 bits per heavy atom. The second-order valence-corrected chi connectivity index (χ2v) is 5.56. The zero-order valence-corrected chi connectivity index (χ0v) is 13.6. The number of methoxy groups -OCH3 is 3. The summed E-state index contributed by atoms with van der Waals surface area (Å²) in [6.45, 7) is 2.36. The molecule has 0 unspecified atom stereocenters. The lowest BCUT2D eigenvalue weighted by Gasteiger charge is -2.32. The topological polar surface area (TPSA) is 48.0 Å². The maximum absolute atomic E-state index is 12.7. The normalized spacial score (nSPS) is 15.7. The number of likely N-dealkylation sites (tertiary alicyclic amines) is 1. The molecular weight excluding hydrogens is 282 g/mol. The van der Waals surface area contributed by atoms with Gasteiger partial charge in [-0.2, -0.15) is 0 Å². The molecule has 0 aliphatic carbocycles. The Kier molecular flexibility index (Phi) is 6.07. The molecule has 1 aromatic rings. The van der Waals surface area contributed by atoms with Crippen LogP contribution in [0.15, 0.2) is 18.2 Å². The van der Waals surface area contributed by atoms with Gasteiger partial charge in [0.2, 0.25) is 0 Å². The number of para-hydroxylation sites is 1. The van der Waals surface area contributed by atoms with Gasteiger partial charge in [-0.3, -0.25) is 4.79 Å². The number of amides is 1. The van der Waals surface area contributed by atoms with Crippen molar-refractivity contribution in [2.24, 2.45) is 5.92 Å². The number of carbonyl (C=O) groups excluding carboxylic acids is 1. The lowest BCUT2D eigenvalue weighted by Crippen LogP contribution is -2.38. The second-order valence-electron chi connectivity index (χ2n) is 5.56. The minimum Gasteiger partial charge on any atom is -0.493 e. The largest absolute Gasteiger partial charge is 0.493 e. The highest BCUT2D eigenvalue weighted by atomic mass is 16.5. The van der Waals surface area contributed by atoms with E-state index in [0.717, 1.165) is 39.0 Å². The SMILES string of the molecule is COCCC1CCN(C(=O)c2cccc(OC)c2OC)CC1. The molecule has 1 aromatic carbocycles. The fourth-order valence-electron chi connectivity index (χ4n) is 2.94. The molecule has 1 aliphatic heterocycles. The van der Waals surface area contributed by atoms with Gasteiger partial charge in [-0.25, -0.2) is 0 Å². The minimum absolute atomic E-state index is 0.0148. The number of carbonyl (C=O) groups is 1. The third-order valence-electron chi connectivity index (χ3n) is 4.27. The molecule has 0 aromatic heterocycles. The first kappa shape index (κ1) is 16.6. The van der Waals surface area contributed by atoms with Crippen LogP contribution in [0.2, 0.25) is 0 Å². The van der Waals surface area contributed by atoms with Gasteiger partial charge < -0.3 is 19.1 Å². The first-order valence-electron chi connectivity index (χ1n) is 7.70. The van der Waals surface area contributed by atoms with Gasteiger partial charge in [-0.05, 0) is 37.3 Å². The summed E-state index contributed by atoms with van der Waals surface area (Å²) in [5.41, 5.74) is 0.567. The van der Waals surface area contributed by atoms with Crippen LogP contribution < -0.4 is 9.47 Å². The van der Waals surface area contributed by atoms with Crippen LogP contribution in [-0.4, -0.2) is 51.8 Å². The van der Waals surface area contributed by atoms with Crippen molar-refractivity contribution in [3.63, 3.8) is 0 Å². The van der Waals surface area contributed by atoms with Crippen LogP contribution in [0.4, 0.5) is 0 Å². The fraction of sp³-hybridized carbons (Fsp3) is 0.588. The number of ether oxygens (including phenoxy) is 3. The monoisotopic (exact) mass is 307 g/mol. The van der Waals surface area contributed by atoms with E-state index in [1.165, 1.54) is 0 Å². The summed E-state index contributed by atoms with van der Waals surface area (Å²) in [6, 6.07) is 5.41. The molecule has 1 amide bonds. The summed E-state index contributed by atoms with van der Waals surface area (Å²) in [5.74, 6) is 1.76. The number of hydrogen-bond donors (Lipinski definition) is 0. The summed E-state index contributed by atoms with van der Waals surface area (Å²) in [4.78, 5) is 14.6. The average Bonchev–Trinajstić information content (AvgIpc) is 2.58. The molecule has 1 aliphatic rings. The van der Waals surface area contributed by atoms with Crippen LogP contribution in [0.25, 0.3) is 0 Å². The Hall–Kier alpha value is -1.75. The Bertz CT molecular complexity index is 495. The molecular formula is C17H25NO4. The van der Waals surface area contributed by atoms with Crippen LogP contribution in [0.3, 0.4) is 0 Å². The van der Waals surface area contributed by atoms with Crippen molar-refractivity contribution in [3.8, 4) is 11.5 Å². The van der Waals surface area contributed by atoms with Crippen LogP contribution >= 0.6 is 0 Å². The summed E-state index contributed by atoms with van der Waals surface area (Å²) >= 11 is 0. The summed E-state index contributed by atoms with van der Waals surface area (Å²) < 4.78 is 15.8. The van der Waals surface area contributed by atoms with Crippen LogP contribution in [0, 0.1) is 5.92 Å². The number of piperidine rings is 1. The van der Waals surface area contributed by atoms with E-state index >= 15 is 0 Å². The van der Waals surface area contributed by atoms with Crippen molar-refractivity contribution in [1.29, 1.82) is 0 Å². The van der Waals surface area contributed by atoms with Crippen molar-refractivity contribution >= 4 is 5.91 Å². The van der Waals surface area contributed by atoms with Gasteiger partial charge in [-0.15, -0.1) is 0 Å². The van der Waals surface area contributed by atoms with Crippen LogP contribution in [0.5, 0.6) is 11.5 Å². The average molecular weight is 307 g/mol. The zero-order chi connectivity index (χ0) is 15.9. The van der Waals surface area contributed by atoms with E-state index in [-0.39, 0.29) is 5.91 Å². The Morgan fingerprint density at radius 2 is 1.91 bits per heavy atom. The van der Waals surface area contributed by atoms with E-state index in [2.05, 4.69) is 0 Å². The molecule has 1 fully saturated rings. The second kappa shape index (κ2) is 8.03.